The summed E-state index contributed by atoms with van der Waals surface area (Å²) in [6.07, 6.45) is 0. The van der Waals surface area contributed by atoms with Crippen molar-refractivity contribution in [3.63, 3.8) is 0 Å². The van der Waals surface area contributed by atoms with Gasteiger partial charge in [-0.2, -0.15) is 10.3 Å². The molecule has 0 radical (unpaired) electrons. The highest BCUT2D eigenvalue weighted by molar-refractivity contribution is 9.10. The number of H-pyrrole nitrogens is 1. The fraction of sp³-hybridized carbons (Fsp3) is 0.211. The van der Waals surface area contributed by atoms with E-state index in [1.807, 2.05) is 36.4 Å². The van der Waals surface area contributed by atoms with Crippen LogP contribution >= 0.6 is 15.9 Å². The van der Waals surface area contributed by atoms with Crippen LogP contribution in [0, 0.1) is 0 Å². The molecule has 0 aliphatic carbocycles. The maximum Gasteiger partial charge on any atom is 0.361 e. The number of nitrogens with zero attached hydrogens (tertiary/aromatic N) is 2. The van der Waals surface area contributed by atoms with Crippen molar-refractivity contribution in [3.8, 4) is 22.8 Å². The Bertz CT molecular complexity index is 925. The monoisotopic (exact) mass is 431 g/mol. The zero-order chi connectivity index (χ0) is 19.2. The highest BCUT2D eigenvalue weighted by atomic mass is 79.9. The zero-order valence-corrected chi connectivity index (χ0v) is 16.4. The molecule has 0 spiro atoms. The van der Waals surface area contributed by atoms with E-state index in [9.17, 15) is 4.79 Å². The number of hydrogen-bond donors (Lipinski definition) is 1. The summed E-state index contributed by atoms with van der Waals surface area (Å²) < 4.78 is 17.3. The molecule has 0 bridgehead atoms. The van der Waals surface area contributed by atoms with E-state index in [2.05, 4.69) is 31.3 Å². The molecule has 1 N–H and O–H groups in total. The number of methoxy groups -OCH3 is 1. The van der Waals surface area contributed by atoms with Gasteiger partial charge in [-0.3, -0.25) is 0 Å². The summed E-state index contributed by atoms with van der Waals surface area (Å²) in [7, 11) is 1.60. The first-order valence-electron chi connectivity index (χ1n) is 8.26. The van der Waals surface area contributed by atoms with Crippen LogP contribution in [0.25, 0.3) is 11.3 Å². The van der Waals surface area contributed by atoms with Crippen molar-refractivity contribution >= 4 is 21.9 Å². The van der Waals surface area contributed by atoms with Crippen LogP contribution in [-0.2, 0) is 11.3 Å². The predicted octanol–water partition coefficient (Wildman–Crippen LogP) is 4.00. The quantitative estimate of drug-likeness (QED) is 0.568. The maximum absolute atomic E-state index is 12.0. The van der Waals surface area contributed by atoms with Gasteiger partial charge in [-0.15, -0.1) is 5.10 Å². The number of aromatic amines is 1. The van der Waals surface area contributed by atoms with Crippen molar-refractivity contribution in [2.75, 3.05) is 13.7 Å². The third-order valence-corrected chi connectivity index (χ3v) is 4.31. The first kappa shape index (κ1) is 18.9. The summed E-state index contributed by atoms with van der Waals surface area (Å²) in [5.74, 6) is 0.890. The van der Waals surface area contributed by atoms with Gasteiger partial charge in [0.25, 0.3) is 0 Å². The summed E-state index contributed by atoms with van der Waals surface area (Å²) in [6, 6.07) is 13.0. The minimum Gasteiger partial charge on any atom is -0.496 e. The van der Waals surface area contributed by atoms with E-state index in [-0.39, 0.29) is 12.3 Å². The number of aromatic nitrogens is 3. The molecule has 0 fully saturated rings. The number of hydrogen-bond acceptors (Lipinski definition) is 6. The standard InChI is InChI=1S/C19H18BrN3O4/c1-3-26-19(24)18-17(21-23-22-18)12-4-9-16(25-2)13(10-12)11-27-15-7-5-14(20)6-8-15/h4-10H,3,11H2,1-2H3,(H,21,22,23). The van der Waals surface area contributed by atoms with Crippen LogP contribution in [0.2, 0.25) is 0 Å². The van der Waals surface area contributed by atoms with Crippen molar-refractivity contribution in [1.82, 2.24) is 15.4 Å². The molecule has 0 aliphatic heterocycles. The minimum atomic E-state index is -0.523. The second kappa shape index (κ2) is 8.68. The second-order valence-corrected chi connectivity index (χ2v) is 6.43. The number of carbonyl (C=O) groups excluding carboxylic acids is 1. The van der Waals surface area contributed by atoms with E-state index in [1.54, 1.807) is 20.1 Å². The highest BCUT2D eigenvalue weighted by Crippen LogP contribution is 2.28. The summed E-state index contributed by atoms with van der Waals surface area (Å²) in [4.78, 5) is 12.0. The van der Waals surface area contributed by atoms with Crippen LogP contribution in [0.3, 0.4) is 0 Å². The van der Waals surface area contributed by atoms with E-state index in [0.717, 1.165) is 15.8 Å². The van der Waals surface area contributed by atoms with Crippen molar-refractivity contribution in [2.24, 2.45) is 0 Å². The SMILES string of the molecule is CCOC(=O)c1n[nH]nc1-c1ccc(OC)c(COc2ccc(Br)cc2)c1. The number of esters is 1. The van der Waals surface area contributed by atoms with Gasteiger partial charge in [0.05, 0.1) is 13.7 Å². The smallest absolute Gasteiger partial charge is 0.361 e. The van der Waals surface area contributed by atoms with Gasteiger partial charge in [0.2, 0.25) is 0 Å². The van der Waals surface area contributed by atoms with Gasteiger partial charge < -0.3 is 14.2 Å². The number of nitrogens with one attached hydrogen (secondary N) is 1. The summed E-state index contributed by atoms with van der Waals surface area (Å²) in [5.41, 5.74) is 2.08. The Morgan fingerprint density at radius 1 is 1.15 bits per heavy atom. The Balaban J connectivity index is 1.86. The predicted molar refractivity (Wildman–Crippen MR) is 103 cm³/mol. The minimum absolute atomic E-state index is 0.141. The van der Waals surface area contributed by atoms with Crippen LogP contribution in [-0.4, -0.2) is 35.1 Å². The first-order valence-corrected chi connectivity index (χ1v) is 9.05. The van der Waals surface area contributed by atoms with E-state index in [4.69, 9.17) is 14.2 Å². The molecule has 27 heavy (non-hydrogen) atoms. The average Bonchev–Trinajstić information content (AvgIpc) is 3.17. The number of rotatable bonds is 7. The Morgan fingerprint density at radius 2 is 1.93 bits per heavy atom. The fourth-order valence-electron chi connectivity index (χ4n) is 2.50. The highest BCUT2D eigenvalue weighted by Gasteiger charge is 2.20. The Morgan fingerprint density at radius 3 is 2.63 bits per heavy atom. The van der Waals surface area contributed by atoms with Crippen LogP contribution < -0.4 is 9.47 Å². The molecular weight excluding hydrogens is 414 g/mol. The first-order chi connectivity index (χ1) is 13.1. The molecule has 8 heteroatoms. The molecule has 0 amide bonds. The molecule has 1 aromatic heterocycles. The number of ether oxygens (including phenoxy) is 3. The molecular formula is C19H18BrN3O4. The lowest BCUT2D eigenvalue weighted by Crippen LogP contribution is -2.07. The molecule has 0 unspecified atom stereocenters. The van der Waals surface area contributed by atoms with Crippen molar-refractivity contribution in [1.29, 1.82) is 0 Å². The molecule has 0 atom stereocenters. The van der Waals surface area contributed by atoms with E-state index in [1.165, 1.54) is 0 Å². The van der Waals surface area contributed by atoms with Crippen molar-refractivity contribution < 1.29 is 19.0 Å². The Labute approximate surface area is 164 Å². The van der Waals surface area contributed by atoms with Crippen molar-refractivity contribution in [2.45, 2.75) is 13.5 Å². The van der Waals surface area contributed by atoms with Crippen molar-refractivity contribution in [3.05, 3.63) is 58.2 Å². The number of benzene rings is 2. The normalized spacial score (nSPS) is 10.5. The molecule has 7 nitrogen and oxygen atoms in total. The molecule has 0 saturated carbocycles. The van der Waals surface area contributed by atoms with Crippen LogP contribution in [0.15, 0.2) is 46.9 Å². The van der Waals surface area contributed by atoms with Gasteiger partial charge in [-0.05, 0) is 49.4 Å². The van der Waals surface area contributed by atoms with Crippen LogP contribution in [0.1, 0.15) is 23.0 Å². The third-order valence-electron chi connectivity index (χ3n) is 3.78. The molecule has 0 saturated heterocycles. The molecule has 3 aromatic rings. The molecule has 140 valence electrons. The molecule has 1 heterocycles. The van der Waals surface area contributed by atoms with Gasteiger partial charge in [-0.25, -0.2) is 4.79 Å². The summed E-state index contributed by atoms with van der Waals surface area (Å²) >= 11 is 3.40. The Hall–Kier alpha value is -2.87. The third kappa shape index (κ3) is 4.46. The largest absolute Gasteiger partial charge is 0.496 e. The van der Waals surface area contributed by atoms with E-state index >= 15 is 0 Å². The number of carbonyl (C=O) groups is 1. The van der Waals surface area contributed by atoms with Crippen LogP contribution in [0.5, 0.6) is 11.5 Å². The lowest BCUT2D eigenvalue weighted by atomic mass is 10.1. The van der Waals surface area contributed by atoms with Crippen LogP contribution in [0.4, 0.5) is 0 Å². The topological polar surface area (TPSA) is 86.3 Å². The Kier molecular flexibility index (Phi) is 6.08. The fourth-order valence-corrected chi connectivity index (χ4v) is 2.77. The molecule has 0 aliphatic rings. The van der Waals surface area contributed by atoms with Gasteiger partial charge >= 0.3 is 5.97 Å². The summed E-state index contributed by atoms with van der Waals surface area (Å²) in [6.45, 7) is 2.30. The lowest BCUT2D eigenvalue weighted by molar-refractivity contribution is 0.0520. The van der Waals surface area contributed by atoms with Gasteiger partial charge in [0.15, 0.2) is 5.69 Å². The summed E-state index contributed by atoms with van der Waals surface area (Å²) in [5, 5.41) is 10.5. The molecule has 3 rings (SSSR count). The number of halogens is 1. The van der Waals surface area contributed by atoms with Gasteiger partial charge in [0.1, 0.15) is 23.8 Å². The van der Waals surface area contributed by atoms with E-state index < -0.39 is 5.97 Å². The lowest BCUT2D eigenvalue weighted by Gasteiger charge is -2.12. The zero-order valence-electron chi connectivity index (χ0n) is 14.9. The van der Waals surface area contributed by atoms with Gasteiger partial charge in [0, 0.05) is 15.6 Å². The molecule has 2 aromatic carbocycles. The second-order valence-electron chi connectivity index (χ2n) is 5.51. The van der Waals surface area contributed by atoms with E-state index in [0.29, 0.717) is 23.6 Å². The van der Waals surface area contributed by atoms with Gasteiger partial charge in [-0.1, -0.05) is 15.9 Å². The average molecular weight is 432 g/mol. The maximum atomic E-state index is 12.0.